The molecule has 0 bridgehead atoms. The van der Waals surface area contributed by atoms with Gasteiger partial charge in [0.05, 0.1) is 5.02 Å². The van der Waals surface area contributed by atoms with Crippen LogP contribution in [0.2, 0.25) is 5.02 Å². The predicted octanol–water partition coefficient (Wildman–Crippen LogP) is 4.05. The van der Waals surface area contributed by atoms with E-state index in [4.69, 9.17) is 11.6 Å². The molecule has 3 aromatic rings. The molecule has 0 radical (unpaired) electrons. The molecule has 0 fully saturated rings. The molecule has 0 atom stereocenters. The van der Waals surface area contributed by atoms with Crippen LogP contribution in [-0.4, -0.2) is 34.2 Å². The zero-order valence-corrected chi connectivity index (χ0v) is 14.0. The van der Waals surface area contributed by atoms with Crippen molar-refractivity contribution >= 4 is 23.0 Å². The van der Waals surface area contributed by atoms with Crippen LogP contribution in [0.1, 0.15) is 10.5 Å². The minimum atomic E-state index is -0.346. The van der Waals surface area contributed by atoms with E-state index in [-0.39, 0.29) is 11.6 Å². The number of halogens is 2. The Morgan fingerprint density at radius 1 is 1.25 bits per heavy atom. The van der Waals surface area contributed by atoms with E-state index in [2.05, 4.69) is 4.98 Å². The molecule has 4 nitrogen and oxygen atoms in total. The van der Waals surface area contributed by atoms with Crippen LogP contribution in [-0.2, 0) is 0 Å². The SMILES string of the molecule is CN(C)/C=C/C(=O)c1c(-c2ccc(F)cc2)nc2c(Cl)cccn12. The second-order valence-corrected chi connectivity index (χ2v) is 5.92. The maximum atomic E-state index is 13.2. The van der Waals surface area contributed by atoms with E-state index in [1.54, 1.807) is 46.0 Å². The van der Waals surface area contributed by atoms with Gasteiger partial charge in [0, 0.05) is 38.1 Å². The minimum Gasteiger partial charge on any atom is -0.383 e. The van der Waals surface area contributed by atoms with Crippen LogP contribution in [0, 0.1) is 5.82 Å². The van der Waals surface area contributed by atoms with Gasteiger partial charge in [0.1, 0.15) is 17.2 Å². The molecular formula is C18H15ClFN3O. The van der Waals surface area contributed by atoms with E-state index in [1.165, 1.54) is 18.2 Å². The van der Waals surface area contributed by atoms with Gasteiger partial charge in [0.2, 0.25) is 5.78 Å². The molecule has 6 heteroatoms. The summed E-state index contributed by atoms with van der Waals surface area (Å²) in [4.78, 5) is 19.0. The van der Waals surface area contributed by atoms with Gasteiger partial charge in [-0.3, -0.25) is 9.20 Å². The Hall–Kier alpha value is -2.66. The lowest BCUT2D eigenvalue weighted by molar-refractivity contribution is 0.104. The van der Waals surface area contributed by atoms with Gasteiger partial charge < -0.3 is 4.90 Å². The first-order valence-electron chi connectivity index (χ1n) is 7.29. The van der Waals surface area contributed by atoms with E-state index in [0.29, 0.717) is 27.6 Å². The maximum Gasteiger partial charge on any atom is 0.206 e. The lowest BCUT2D eigenvalue weighted by Crippen LogP contribution is -2.06. The van der Waals surface area contributed by atoms with Crippen molar-refractivity contribution < 1.29 is 9.18 Å². The van der Waals surface area contributed by atoms with Crippen LogP contribution in [0.25, 0.3) is 16.9 Å². The minimum absolute atomic E-state index is 0.210. The monoisotopic (exact) mass is 343 g/mol. The van der Waals surface area contributed by atoms with Crippen molar-refractivity contribution in [1.82, 2.24) is 14.3 Å². The third-order valence-corrected chi connectivity index (χ3v) is 3.77. The highest BCUT2D eigenvalue weighted by Gasteiger charge is 2.20. The molecule has 0 aliphatic heterocycles. The number of ketones is 1. The number of hydrogen-bond donors (Lipinski definition) is 0. The highest BCUT2D eigenvalue weighted by molar-refractivity contribution is 6.33. The van der Waals surface area contributed by atoms with Crippen molar-refractivity contribution in [3.63, 3.8) is 0 Å². The fourth-order valence-electron chi connectivity index (χ4n) is 2.37. The average molecular weight is 344 g/mol. The van der Waals surface area contributed by atoms with Crippen LogP contribution >= 0.6 is 11.6 Å². The average Bonchev–Trinajstić information content (AvgIpc) is 2.94. The topological polar surface area (TPSA) is 37.6 Å². The summed E-state index contributed by atoms with van der Waals surface area (Å²) in [7, 11) is 3.66. The van der Waals surface area contributed by atoms with Crippen LogP contribution in [0.5, 0.6) is 0 Å². The lowest BCUT2D eigenvalue weighted by Gasteiger charge is -2.05. The first kappa shape index (κ1) is 16.2. The molecule has 0 aliphatic carbocycles. The van der Waals surface area contributed by atoms with Crippen molar-refractivity contribution in [3.8, 4) is 11.3 Å². The summed E-state index contributed by atoms with van der Waals surface area (Å²) < 4.78 is 14.9. The second-order valence-electron chi connectivity index (χ2n) is 5.51. The fourth-order valence-corrected chi connectivity index (χ4v) is 2.58. The molecule has 1 aromatic carbocycles. The van der Waals surface area contributed by atoms with Gasteiger partial charge in [-0.15, -0.1) is 0 Å². The fraction of sp³-hybridized carbons (Fsp3) is 0.111. The number of pyridine rings is 1. The summed E-state index contributed by atoms with van der Waals surface area (Å²) in [6.45, 7) is 0. The molecule has 24 heavy (non-hydrogen) atoms. The second kappa shape index (κ2) is 6.45. The molecule has 2 heterocycles. The van der Waals surface area contributed by atoms with Crippen LogP contribution in [0.4, 0.5) is 4.39 Å². The summed E-state index contributed by atoms with van der Waals surface area (Å²) >= 11 is 6.21. The molecule has 0 aliphatic rings. The van der Waals surface area contributed by atoms with Crippen molar-refractivity contribution in [1.29, 1.82) is 0 Å². The Bertz CT molecular complexity index is 929. The zero-order chi connectivity index (χ0) is 17.3. The molecule has 0 amide bonds. The largest absolute Gasteiger partial charge is 0.383 e. The van der Waals surface area contributed by atoms with E-state index in [1.807, 2.05) is 14.1 Å². The highest BCUT2D eigenvalue weighted by atomic mass is 35.5. The summed E-state index contributed by atoms with van der Waals surface area (Å²) in [5.41, 5.74) is 1.99. The molecule has 0 saturated heterocycles. The van der Waals surface area contributed by atoms with Gasteiger partial charge in [-0.1, -0.05) is 11.6 Å². The number of allylic oxidation sites excluding steroid dienone is 1. The normalized spacial score (nSPS) is 11.3. The smallest absolute Gasteiger partial charge is 0.206 e. The molecule has 0 saturated carbocycles. The maximum absolute atomic E-state index is 13.2. The zero-order valence-electron chi connectivity index (χ0n) is 13.2. The van der Waals surface area contributed by atoms with Gasteiger partial charge in [-0.05, 0) is 36.4 Å². The molecule has 122 valence electrons. The Balaban J connectivity index is 2.24. The molecule has 0 unspecified atom stereocenters. The van der Waals surface area contributed by atoms with Crippen LogP contribution in [0.3, 0.4) is 0 Å². The summed E-state index contributed by atoms with van der Waals surface area (Å²) in [5.74, 6) is -0.557. The van der Waals surface area contributed by atoms with Gasteiger partial charge in [-0.2, -0.15) is 0 Å². The summed E-state index contributed by atoms with van der Waals surface area (Å²) in [6.07, 6.45) is 4.87. The number of rotatable bonds is 4. The quantitative estimate of drug-likeness (QED) is 0.530. The Labute approximate surface area is 143 Å². The van der Waals surface area contributed by atoms with E-state index >= 15 is 0 Å². The third-order valence-electron chi connectivity index (χ3n) is 3.48. The van der Waals surface area contributed by atoms with E-state index in [9.17, 15) is 9.18 Å². The van der Waals surface area contributed by atoms with Crippen molar-refractivity contribution in [2.24, 2.45) is 0 Å². The van der Waals surface area contributed by atoms with Crippen LogP contribution < -0.4 is 0 Å². The number of nitrogens with zero attached hydrogens (tertiary/aromatic N) is 3. The lowest BCUT2D eigenvalue weighted by atomic mass is 10.1. The first-order chi connectivity index (χ1) is 11.5. The Morgan fingerprint density at radius 2 is 1.96 bits per heavy atom. The number of hydrogen-bond acceptors (Lipinski definition) is 3. The number of imidazole rings is 1. The molecule has 0 N–H and O–H groups in total. The van der Waals surface area contributed by atoms with Crippen molar-refractivity contribution in [3.05, 3.63) is 71.4 Å². The van der Waals surface area contributed by atoms with E-state index in [0.717, 1.165) is 0 Å². The first-order valence-corrected chi connectivity index (χ1v) is 7.66. The molecule has 3 rings (SSSR count). The van der Waals surface area contributed by atoms with Crippen molar-refractivity contribution in [2.45, 2.75) is 0 Å². The number of carbonyl (C=O) groups excluding carboxylic acids is 1. The molecule has 2 aromatic heterocycles. The predicted molar refractivity (Wildman–Crippen MR) is 92.8 cm³/mol. The summed E-state index contributed by atoms with van der Waals surface area (Å²) in [5, 5.41) is 0.441. The third kappa shape index (κ3) is 3.03. The van der Waals surface area contributed by atoms with Gasteiger partial charge in [0.25, 0.3) is 0 Å². The number of carbonyl (C=O) groups is 1. The number of benzene rings is 1. The van der Waals surface area contributed by atoms with E-state index < -0.39 is 0 Å². The Kier molecular flexibility index (Phi) is 4.36. The number of aromatic nitrogens is 2. The standard InChI is InChI=1S/C18H15ClFN3O/c1-22(2)11-9-15(24)17-16(12-5-7-13(20)8-6-12)21-18-14(19)4-3-10-23(17)18/h3-11H,1-2H3/b11-9+. The summed E-state index contributed by atoms with van der Waals surface area (Å²) in [6, 6.07) is 9.32. The van der Waals surface area contributed by atoms with Crippen molar-refractivity contribution in [2.75, 3.05) is 14.1 Å². The molecular weight excluding hydrogens is 329 g/mol. The van der Waals surface area contributed by atoms with Gasteiger partial charge in [0.15, 0.2) is 5.65 Å². The number of fused-ring (bicyclic) bond motifs is 1. The van der Waals surface area contributed by atoms with Gasteiger partial charge in [-0.25, -0.2) is 9.37 Å². The molecule has 0 spiro atoms. The Morgan fingerprint density at radius 3 is 2.62 bits per heavy atom. The van der Waals surface area contributed by atoms with Gasteiger partial charge >= 0.3 is 0 Å². The highest BCUT2D eigenvalue weighted by Crippen LogP contribution is 2.28. The van der Waals surface area contributed by atoms with Crippen LogP contribution in [0.15, 0.2) is 54.9 Å².